The van der Waals surface area contributed by atoms with Crippen LogP contribution in [0.5, 0.6) is 11.5 Å². The van der Waals surface area contributed by atoms with Gasteiger partial charge in [0, 0.05) is 30.9 Å². The lowest BCUT2D eigenvalue weighted by Gasteiger charge is -2.13. The van der Waals surface area contributed by atoms with E-state index in [1.165, 1.54) is 38.1 Å². The van der Waals surface area contributed by atoms with Gasteiger partial charge >= 0.3 is 11.9 Å². The number of nitrogens with zero attached hydrogens (tertiary/aromatic N) is 4. The lowest BCUT2D eigenvalue weighted by molar-refractivity contribution is -0.140. The number of aryl methyl sites for hydroxylation is 2. The Labute approximate surface area is 392 Å². The molecule has 0 bridgehead atoms. The number of alkyl halides is 1. The van der Waals surface area contributed by atoms with Crippen LogP contribution < -0.4 is 9.47 Å². The lowest BCUT2D eigenvalue weighted by atomic mass is 9.95. The minimum atomic E-state index is -1.61. The third-order valence-electron chi connectivity index (χ3n) is 10.4. The number of benzene rings is 4. The lowest BCUT2D eigenvalue weighted by Crippen LogP contribution is -2.24. The van der Waals surface area contributed by atoms with Crippen LogP contribution in [-0.2, 0) is 44.9 Å². The second-order valence-electron chi connectivity index (χ2n) is 15.7. The number of hydrogen-bond acceptors (Lipinski definition) is 12. The van der Waals surface area contributed by atoms with E-state index in [4.69, 9.17) is 23.1 Å². The molecular weight excluding hydrogens is 886 g/mol. The summed E-state index contributed by atoms with van der Waals surface area (Å²) in [6.45, 7) is 11.1. The van der Waals surface area contributed by atoms with E-state index >= 15 is 0 Å². The molecule has 0 fully saturated rings. The second kappa shape index (κ2) is 25.5. The van der Waals surface area contributed by atoms with Crippen LogP contribution >= 0.6 is 0 Å². The standard InChI is InChI=1S/C26H29FN2O5.C25H26F2N2O5/c1-4-14-33-29-17(2)23(26(30)31)16-19-5-11-22(12-6-19)32-15-13-24-18(3)34-25(28-24)20-7-9-21(27)10-8-20;1-15(29-34-17(3)26)22(25(30)31)14-18-4-10-21(11-5-18)32-13-12-23-16(2)33-24(28-23)19-6-8-20(27)9-7-19/h5-12,23H,4,13-16H2,1-3H3,(H,30,31);4-11,17,22H,12-14H2,1-3H3,(H,30,31)/b29-17+;29-15-. The van der Waals surface area contributed by atoms with Crippen LogP contribution in [0.15, 0.2) is 116 Å². The second-order valence-corrected chi connectivity index (χ2v) is 15.7. The Kier molecular flexibility index (Phi) is 19.3. The minimum Gasteiger partial charge on any atom is -0.493 e. The van der Waals surface area contributed by atoms with Crippen molar-refractivity contribution in [2.75, 3.05) is 19.8 Å². The molecule has 0 saturated carbocycles. The molecule has 14 nitrogen and oxygen atoms in total. The monoisotopic (exact) mass is 940 g/mol. The summed E-state index contributed by atoms with van der Waals surface area (Å²) >= 11 is 0. The van der Waals surface area contributed by atoms with Crippen LogP contribution in [0.2, 0.25) is 0 Å². The number of aliphatic carboxylic acids is 2. The summed E-state index contributed by atoms with van der Waals surface area (Å²) in [7, 11) is 0. The molecule has 0 aliphatic carbocycles. The number of carboxylic acids is 2. The molecule has 0 spiro atoms. The number of ether oxygens (including phenoxy) is 2. The molecule has 0 amide bonds. The number of rotatable bonds is 23. The van der Waals surface area contributed by atoms with Gasteiger partial charge in [-0.1, -0.05) is 41.5 Å². The van der Waals surface area contributed by atoms with Crippen LogP contribution in [0.4, 0.5) is 13.2 Å². The number of halogens is 3. The van der Waals surface area contributed by atoms with E-state index in [0.29, 0.717) is 90.7 Å². The maximum atomic E-state index is 13.1. The summed E-state index contributed by atoms with van der Waals surface area (Å²) in [5.74, 6) is -0.807. The molecule has 0 radical (unpaired) electrons. The first kappa shape index (κ1) is 51.6. The molecule has 6 rings (SSSR count). The van der Waals surface area contributed by atoms with Crippen molar-refractivity contribution in [1.82, 2.24) is 9.97 Å². The molecule has 0 aliphatic heterocycles. The van der Waals surface area contributed by atoms with Crippen molar-refractivity contribution in [2.45, 2.75) is 80.0 Å². The summed E-state index contributed by atoms with van der Waals surface area (Å²) in [6, 6.07) is 26.3. The quantitative estimate of drug-likeness (QED) is 0.0352. The molecular formula is C51H55F3N4O10. The van der Waals surface area contributed by atoms with E-state index in [2.05, 4.69) is 25.1 Å². The van der Waals surface area contributed by atoms with E-state index in [0.717, 1.165) is 28.9 Å². The maximum Gasteiger partial charge on any atom is 0.312 e. The van der Waals surface area contributed by atoms with Crippen LogP contribution in [0.25, 0.3) is 22.9 Å². The van der Waals surface area contributed by atoms with Gasteiger partial charge in [0.15, 0.2) is 0 Å². The Morgan fingerprint density at radius 3 is 1.40 bits per heavy atom. The number of carboxylic acid groups (broad SMARTS) is 2. The van der Waals surface area contributed by atoms with Gasteiger partial charge in [0.25, 0.3) is 6.36 Å². The molecule has 3 unspecified atom stereocenters. The zero-order chi connectivity index (χ0) is 49.2. The Bertz CT molecular complexity index is 2590. The average molecular weight is 941 g/mol. The fourth-order valence-electron chi connectivity index (χ4n) is 6.55. The van der Waals surface area contributed by atoms with Crippen molar-refractivity contribution < 1.29 is 61.0 Å². The molecule has 0 saturated heterocycles. The number of oxime groups is 2. The smallest absolute Gasteiger partial charge is 0.312 e. The predicted octanol–water partition coefficient (Wildman–Crippen LogP) is 10.8. The fraction of sp³-hybridized carbons (Fsp3) is 0.333. The van der Waals surface area contributed by atoms with E-state index in [-0.39, 0.29) is 23.8 Å². The molecule has 17 heteroatoms. The largest absolute Gasteiger partial charge is 0.493 e. The van der Waals surface area contributed by atoms with Gasteiger partial charge in [-0.25, -0.2) is 18.7 Å². The minimum absolute atomic E-state index is 0.180. The van der Waals surface area contributed by atoms with Crippen molar-refractivity contribution in [2.24, 2.45) is 22.1 Å². The number of oxazole rings is 2. The highest BCUT2D eigenvalue weighted by atomic mass is 19.1. The molecule has 2 N–H and O–H groups in total. The van der Waals surface area contributed by atoms with Gasteiger partial charge in [-0.3, -0.25) is 9.59 Å². The van der Waals surface area contributed by atoms with Gasteiger partial charge in [-0.05, 0) is 131 Å². The molecule has 68 heavy (non-hydrogen) atoms. The van der Waals surface area contributed by atoms with E-state index < -0.39 is 30.1 Å². The molecule has 360 valence electrons. The van der Waals surface area contributed by atoms with Crippen molar-refractivity contribution in [3.63, 3.8) is 0 Å². The third-order valence-corrected chi connectivity index (χ3v) is 10.4. The summed E-state index contributed by atoms with van der Waals surface area (Å²) in [6.07, 6.45) is 0.747. The van der Waals surface area contributed by atoms with E-state index in [9.17, 15) is 33.0 Å². The Hall–Kier alpha value is -7.43. The highest BCUT2D eigenvalue weighted by molar-refractivity contribution is 6.00. The van der Waals surface area contributed by atoms with E-state index in [1.807, 2.05) is 45.0 Å². The van der Waals surface area contributed by atoms with Gasteiger partial charge in [0.1, 0.15) is 53.1 Å². The highest BCUT2D eigenvalue weighted by Gasteiger charge is 2.24. The van der Waals surface area contributed by atoms with Crippen molar-refractivity contribution in [3.8, 4) is 34.4 Å². The Morgan fingerprint density at radius 1 is 0.632 bits per heavy atom. The zero-order valence-electron chi connectivity index (χ0n) is 38.7. The van der Waals surface area contributed by atoms with Gasteiger partial charge in [0.05, 0.1) is 36.0 Å². The van der Waals surface area contributed by atoms with E-state index in [1.54, 1.807) is 55.5 Å². The summed E-state index contributed by atoms with van der Waals surface area (Å²) in [5.41, 5.74) is 5.17. The Morgan fingerprint density at radius 2 is 1.03 bits per heavy atom. The van der Waals surface area contributed by atoms with Crippen LogP contribution in [0.3, 0.4) is 0 Å². The molecule has 3 atom stereocenters. The predicted molar refractivity (Wildman–Crippen MR) is 248 cm³/mol. The normalized spacial score (nSPS) is 12.9. The van der Waals surface area contributed by atoms with Crippen LogP contribution in [-0.4, -0.2) is 69.7 Å². The Balaban J connectivity index is 0.000000254. The van der Waals surface area contributed by atoms with Crippen LogP contribution in [0.1, 0.15) is 68.2 Å². The molecule has 2 aromatic heterocycles. The van der Waals surface area contributed by atoms with Gasteiger partial charge in [0.2, 0.25) is 11.8 Å². The van der Waals surface area contributed by atoms with Gasteiger partial charge < -0.3 is 38.2 Å². The molecule has 4 aromatic carbocycles. The summed E-state index contributed by atoms with van der Waals surface area (Å²) < 4.78 is 62.1. The molecule has 2 heterocycles. The number of hydrogen-bond donors (Lipinski definition) is 2. The number of aromatic nitrogens is 2. The first-order chi connectivity index (χ1) is 32.6. The molecule has 6 aromatic rings. The fourth-order valence-corrected chi connectivity index (χ4v) is 6.55. The molecule has 0 aliphatic rings. The summed E-state index contributed by atoms with van der Waals surface area (Å²) in [4.78, 5) is 41.9. The van der Waals surface area contributed by atoms with Gasteiger partial charge in [-0.2, -0.15) is 4.39 Å². The topological polar surface area (TPSA) is 188 Å². The highest BCUT2D eigenvalue weighted by Crippen LogP contribution is 2.25. The third kappa shape index (κ3) is 15.9. The average Bonchev–Trinajstić information content (AvgIpc) is 3.88. The van der Waals surface area contributed by atoms with Gasteiger partial charge in [-0.15, -0.1) is 0 Å². The maximum absolute atomic E-state index is 13.1. The SMILES string of the molecule is C/C(=N/OC(C)F)C(Cc1ccc(OCCc2nc(-c3ccc(F)cc3)oc2C)cc1)C(=O)O.CCCO/N=C(\C)C(Cc1ccc(OCCc2nc(-c3ccc(F)cc3)oc2C)cc1)C(=O)O. The first-order valence-electron chi connectivity index (χ1n) is 21.9. The van der Waals surface area contributed by atoms with Crippen molar-refractivity contribution in [1.29, 1.82) is 0 Å². The summed E-state index contributed by atoms with van der Waals surface area (Å²) in [5, 5.41) is 26.5. The zero-order valence-corrected chi connectivity index (χ0v) is 38.7. The van der Waals surface area contributed by atoms with Crippen molar-refractivity contribution in [3.05, 3.63) is 143 Å². The first-order valence-corrected chi connectivity index (χ1v) is 21.9. The number of carbonyl (C=O) groups is 2. The van der Waals surface area contributed by atoms with Crippen molar-refractivity contribution >= 4 is 23.4 Å². The van der Waals surface area contributed by atoms with Crippen LogP contribution in [0, 0.1) is 37.3 Å².